The first kappa shape index (κ1) is 20.5. The van der Waals surface area contributed by atoms with E-state index in [1.807, 2.05) is 6.92 Å². The van der Waals surface area contributed by atoms with Gasteiger partial charge in [-0.25, -0.2) is 18.7 Å². The van der Waals surface area contributed by atoms with E-state index in [0.29, 0.717) is 17.3 Å². The highest BCUT2D eigenvalue weighted by Gasteiger charge is 2.13. The molecular formula is C21H18ClFN6O2. The summed E-state index contributed by atoms with van der Waals surface area (Å²) in [6.07, 6.45) is 3.13. The van der Waals surface area contributed by atoms with Crippen LogP contribution in [0.15, 0.2) is 61.1 Å². The second-order valence-corrected chi connectivity index (χ2v) is 7.21. The Bertz CT molecular complexity index is 1200. The number of rotatable bonds is 7. The number of anilines is 1. The zero-order valence-corrected chi connectivity index (χ0v) is 17.3. The fourth-order valence-electron chi connectivity index (χ4n) is 2.84. The van der Waals surface area contributed by atoms with E-state index in [0.717, 1.165) is 11.1 Å². The summed E-state index contributed by atoms with van der Waals surface area (Å²) in [5.74, 6) is 0.0842. The van der Waals surface area contributed by atoms with Crippen LogP contribution in [0.4, 0.5) is 10.3 Å². The van der Waals surface area contributed by atoms with Crippen molar-refractivity contribution in [3.05, 3.63) is 88.7 Å². The van der Waals surface area contributed by atoms with Crippen molar-refractivity contribution in [1.29, 1.82) is 0 Å². The predicted octanol–water partition coefficient (Wildman–Crippen LogP) is 3.91. The van der Waals surface area contributed by atoms with Crippen molar-refractivity contribution in [2.24, 2.45) is 0 Å². The maximum atomic E-state index is 13.0. The molecule has 158 valence electrons. The van der Waals surface area contributed by atoms with Crippen LogP contribution in [0.25, 0.3) is 0 Å². The van der Waals surface area contributed by atoms with Crippen molar-refractivity contribution in [2.75, 3.05) is 5.32 Å². The van der Waals surface area contributed by atoms with Crippen LogP contribution in [0.5, 0.6) is 5.75 Å². The van der Waals surface area contributed by atoms with Crippen LogP contribution in [0, 0.1) is 12.7 Å². The summed E-state index contributed by atoms with van der Waals surface area (Å²) < 4.78 is 21.8. The van der Waals surface area contributed by atoms with Crippen LogP contribution in [0.2, 0.25) is 5.02 Å². The summed E-state index contributed by atoms with van der Waals surface area (Å²) in [7, 11) is 0. The Labute approximate surface area is 182 Å². The Morgan fingerprint density at radius 3 is 2.71 bits per heavy atom. The van der Waals surface area contributed by atoms with Gasteiger partial charge in [-0.2, -0.15) is 5.10 Å². The summed E-state index contributed by atoms with van der Waals surface area (Å²) in [5.41, 5.74) is 1.96. The van der Waals surface area contributed by atoms with Crippen LogP contribution >= 0.6 is 11.6 Å². The van der Waals surface area contributed by atoms with E-state index in [1.54, 1.807) is 47.3 Å². The molecule has 10 heteroatoms. The average molecular weight is 441 g/mol. The summed E-state index contributed by atoms with van der Waals surface area (Å²) in [6, 6.07) is 13.0. The maximum Gasteiger partial charge on any atom is 0.278 e. The minimum absolute atomic E-state index is 0.139. The van der Waals surface area contributed by atoms with Gasteiger partial charge >= 0.3 is 0 Å². The molecule has 1 N–H and O–H groups in total. The number of carbonyl (C=O) groups excluding carboxylic acids is 1. The van der Waals surface area contributed by atoms with E-state index >= 15 is 0 Å². The molecule has 0 aliphatic rings. The monoisotopic (exact) mass is 440 g/mol. The second kappa shape index (κ2) is 8.97. The lowest BCUT2D eigenvalue weighted by Crippen LogP contribution is -2.15. The number of ether oxygens (including phenoxy) is 1. The van der Waals surface area contributed by atoms with Gasteiger partial charge in [-0.15, -0.1) is 5.10 Å². The molecule has 0 bridgehead atoms. The molecule has 0 unspecified atom stereocenters. The molecule has 4 aromatic rings. The molecule has 0 atom stereocenters. The first-order valence-corrected chi connectivity index (χ1v) is 9.72. The fourth-order valence-corrected chi connectivity index (χ4v) is 3.06. The molecule has 0 saturated carbocycles. The fraction of sp³-hybridized carbons (Fsp3) is 0.143. The van der Waals surface area contributed by atoms with Crippen molar-refractivity contribution < 1.29 is 13.9 Å². The van der Waals surface area contributed by atoms with Gasteiger partial charge in [-0.1, -0.05) is 23.7 Å². The Morgan fingerprint density at radius 2 is 1.94 bits per heavy atom. The molecule has 0 fully saturated rings. The number of aryl methyl sites for hydroxylation is 1. The lowest BCUT2D eigenvalue weighted by Gasteiger charge is -2.09. The molecule has 0 aliphatic carbocycles. The van der Waals surface area contributed by atoms with E-state index in [9.17, 15) is 9.18 Å². The number of amides is 1. The molecule has 0 aliphatic heterocycles. The quantitative estimate of drug-likeness (QED) is 0.470. The lowest BCUT2D eigenvalue weighted by molar-refractivity contribution is 0.101. The molecule has 2 heterocycles. The third-order valence-electron chi connectivity index (χ3n) is 4.38. The van der Waals surface area contributed by atoms with Crippen LogP contribution < -0.4 is 10.1 Å². The highest BCUT2D eigenvalue weighted by molar-refractivity contribution is 6.30. The summed E-state index contributed by atoms with van der Waals surface area (Å²) >= 11 is 5.94. The van der Waals surface area contributed by atoms with Crippen LogP contribution in [0.1, 0.15) is 21.6 Å². The Kier molecular flexibility index (Phi) is 5.94. The zero-order chi connectivity index (χ0) is 21.8. The molecule has 0 saturated heterocycles. The standard InChI is InChI=1S/C21H18ClFN6O2/c1-14-10-16(22)4-7-19(14)31-13-28-9-8-18(26-28)20(30)25-21-24-12-29(27-21)11-15-2-5-17(23)6-3-15/h2-10,12H,11,13H2,1H3,(H,25,27,30). The van der Waals surface area contributed by atoms with Gasteiger partial charge in [0.2, 0.25) is 5.95 Å². The van der Waals surface area contributed by atoms with E-state index in [-0.39, 0.29) is 24.2 Å². The molecule has 31 heavy (non-hydrogen) atoms. The van der Waals surface area contributed by atoms with Crippen LogP contribution in [-0.2, 0) is 13.3 Å². The topological polar surface area (TPSA) is 86.9 Å². The summed E-state index contributed by atoms with van der Waals surface area (Å²) in [5, 5.41) is 11.6. The van der Waals surface area contributed by atoms with Gasteiger partial charge in [-0.3, -0.25) is 10.1 Å². The zero-order valence-electron chi connectivity index (χ0n) is 16.5. The first-order chi connectivity index (χ1) is 15.0. The van der Waals surface area contributed by atoms with Gasteiger partial charge in [-0.05, 0) is 54.4 Å². The smallest absolute Gasteiger partial charge is 0.278 e. The number of carbonyl (C=O) groups is 1. The van der Waals surface area contributed by atoms with Gasteiger partial charge in [0.1, 0.15) is 17.9 Å². The van der Waals surface area contributed by atoms with Crippen molar-refractivity contribution in [3.63, 3.8) is 0 Å². The van der Waals surface area contributed by atoms with Gasteiger partial charge in [0.05, 0.1) is 6.54 Å². The third kappa shape index (κ3) is 5.26. The van der Waals surface area contributed by atoms with Gasteiger partial charge < -0.3 is 4.74 Å². The van der Waals surface area contributed by atoms with Gasteiger partial charge in [0.25, 0.3) is 5.91 Å². The number of nitrogens with zero attached hydrogens (tertiary/aromatic N) is 5. The number of benzene rings is 2. The SMILES string of the molecule is Cc1cc(Cl)ccc1OCn1ccc(C(=O)Nc2ncn(Cc3ccc(F)cc3)n2)n1. The van der Waals surface area contributed by atoms with Gasteiger partial charge in [0.15, 0.2) is 12.4 Å². The molecular weight excluding hydrogens is 423 g/mol. The third-order valence-corrected chi connectivity index (χ3v) is 4.62. The maximum absolute atomic E-state index is 13.0. The molecule has 4 rings (SSSR count). The Balaban J connectivity index is 1.33. The number of halogens is 2. The van der Waals surface area contributed by atoms with E-state index in [1.165, 1.54) is 23.1 Å². The number of nitrogens with one attached hydrogen (secondary N) is 1. The van der Waals surface area contributed by atoms with Crippen molar-refractivity contribution in [1.82, 2.24) is 24.5 Å². The molecule has 8 nitrogen and oxygen atoms in total. The number of hydrogen-bond donors (Lipinski definition) is 1. The molecule has 1 amide bonds. The molecule has 0 spiro atoms. The minimum atomic E-state index is -0.444. The number of hydrogen-bond acceptors (Lipinski definition) is 5. The van der Waals surface area contributed by atoms with Crippen LogP contribution in [-0.4, -0.2) is 30.5 Å². The largest absolute Gasteiger partial charge is 0.471 e. The Morgan fingerprint density at radius 1 is 1.13 bits per heavy atom. The van der Waals surface area contributed by atoms with Crippen LogP contribution in [0.3, 0.4) is 0 Å². The lowest BCUT2D eigenvalue weighted by atomic mass is 10.2. The number of aromatic nitrogens is 5. The minimum Gasteiger partial charge on any atom is -0.471 e. The van der Waals surface area contributed by atoms with Gasteiger partial charge in [0, 0.05) is 11.2 Å². The van der Waals surface area contributed by atoms with Crippen molar-refractivity contribution in [2.45, 2.75) is 20.2 Å². The highest BCUT2D eigenvalue weighted by atomic mass is 35.5. The van der Waals surface area contributed by atoms with E-state index < -0.39 is 5.91 Å². The average Bonchev–Trinajstić information content (AvgIpc) is 3.39. The molecule has 2 aromatic heterocycles. The van der Waals surface area contributed by atoms with E-state index in [2.05, 4.69) is 20.5 Å². The Hall–Kier alpha value is -3.72. The van der Waals surface area contributed by atoms with E-state index in [4.69, 9.17) is 16.3 Å². The van der Waals surface area contributed by atoms with Crippen molar-refractivity contribution in [3.8, 4) is 5.75 Å². The molecule has 2 aromatic carbocycles. The van der Waals surface area contributed by atoms with Crippen molar-refractivity contribution >= 4 is 23.5 Å². The predicted molar refractivity (Wildman–Crippen MR) is 113 cm³/mol. The first-order valence-electron chi connectivity index (χ1n) is 9.34. The highest BCUT2D eigenvalue weighted by Crippen LogP contribution is 2.22. The normalized spacial score (nSPS) is 10.8. The summed E-state index contributed by atoms with van der Waals surface area (Å²) in [4.78, 5) is 16.5. The summed E-state index contributed by atoms with van der Waals surface area (Å²) in [6.45, 7) is 2.44. The molecule has 0 radical (unpaired) electrons. The second-order valence-electron chi connectivity index (χ2n) is 6.77.